The lowest BCUT2D eigenvalue weighted by Gasteiger charge is -2.22. The Bertz CT molecular complexity index is 1340. The van der Waals surface area contributed by atoms with E-state index in [1.165, 1.54) is 12.1 Å². The van der Waals surface area contributed by atoms with Gasteiger partial charge in [0.25, 0.3) is 0 Å². The van der Waals surface area contributed by atoms with Gasteiger partial charge in [0.05, 0.1) is 22.7 Å². The maximum absolute atomic E-state index is 13.0. The van der Waals surface area contributed by atoms with Crippen molar-refractivity contribution in [2.45, 2.75) is 18.7 Å². The Kier molecular flexibility index (Phi) is 4.38. The van der Waals surface area contributed by atoms with Crippen LogP contribution in [0.5, 0.6) is 0 Å². The molecular weight excluding hydrogens is 405 g/mol. The van der Waals surface area contributed by atoms with Crippen molar-refractivity contribution >= 4 is 22.5 Å². The predicted octanol–water partition coefficient (Wildman–Crippen LogP) is 4.62. The van der Waals surface area contributed by atoms with Crippen LogP contribution in [-0.4, -0.2) is 33.7 Å². The number of nitrogens with zero attached hydrogens (tertiary/aromatic N) is 4. The molecule has 156 valence electrons. The largest absolute Gasteiger partial charge is 0.416 e. The molecule has 4 aromatic rings. The van der Waals surface area contributed by atoms with Gasteiger partial charge in [0.1, 0.15) is 17.5 Å². The summed E-state index contributed by atoms with van der Waals surface area (Å²) >= 11 is 0. The van der Waals surface area contributed by atoms with Gasteiger partial charge in [-0.3, -0.25) is 4.40 Å². The number of hydrogen-bond acceptors (Lipinski definition) is 4. The van der Waals surface area contributed by atoms with Gasteiger partial charge in [-0.25, -0.2) is 4.98 Å². The summed E-state index contributed by atoms with van der Waals surface area (Å²) in [6.07, 6.45) is -4.28. The number of nitriles is 1. The summed E-state index contributed by atoms with van der Waals surface area (Å²) in [5.74, 6) is 0.745. The van der Waals surface area contributed by atoms with Crippen LogP contribution < -0.4 is 4.90 Å². The molecule has 0 spiro atoms. The molecule has 0 bridgehead atoms. The van der Waals surface area contributed by atoms with Crippen LogP contribution in [0.25, 0.3) is 27.8 Å². The van der Waals surface area contributed by atoms with E-state index in [9.17, 15) is 23.5 Å². The van der Waals surface area contributed by atoms with Crippen LogP contribution in [0.4, 0.5) is 19.0 Å². The highest BCUT2D eigenvalue weighted by molar-refractivity contribution is 5.89. The molecule has 1 N–H and O–H groups in total. The highest BCUT2D eigenvalue weighted by Gasteiger charge is 2.30. The van der Waals surface area contributed by atoms with Gasteiger partial charge in [-0.15, -0.1) is 0 Å². The zero-order valence-corrected chi connectivity index (χ0v) is 16.3. The quantitative estimate of drug-likeness (QED) is 0.512. The van der Waals surface area contributed by atoms with E-state index >= 15 is 0 Å². The summed E-state index contributed by atoms with van der Waals surface area (Å²) in [5.41, 5.74) is 2.53. The van der Waals surface area contributed by atoms with Gasteiger partial charge in [-0.2, -0.15) is 18.4 Å². The van der Waals surface area contributed by atoms with E-state index in [0.29, 0.717) is 47.4 Å². The maximum Gasteiger partial charge on any atom is 0.416 e. The van der Waals surface area contributed by atoms with Crippen molar-refractivity contribution in [3.63, 3.8) is 0 Å². The standard InChI is InChI=1S/C23H17F3N4O/c24-23(25,26)15-7-5-14(6-8-15)17-11-21(29-10-9-16(31)13-29)30-20-4-2-1-3-19(20)28-22(30)18(17)12-27/h1-8,11,16,31H,9-10,13H2. The molecule has 5 rings (SSSR count). The molecular formula is C23H17F3N4O. The Labute approximate surface area is 175 Å². The van der Waals surface area contributed by atoms with Gasteiger partial charge >= 0.3 is 6.18 Å². The van der Waals surface area contributed by atoms with Gasteiger partial charge in [-0.05, 0) is 42.3 Å². The lowest BCUT2D eigenvalue weighted by molar-refractivity contribution is -0.137. The van der Waals surface area contributed by atoms with Crippen molar-refractivity contribution in [2.75, 3.05) is 18.0 Å². The summed E-state index contributed by atoms with van der Waals surface area (Å²) in [6, 6.07) is 16.3. The third-order valence-corrected chi connectivity index (χ3v) is 5.68. The fourth-order valence-corrected chi connectivity index (χ4v) is 4.17. The van der Waals surface area contributed by atoms with Gasteiger partial charge < -0.3 is 10.0 Å². The molecule has 0 radical (unpaired) electrons. The number of aliphatic hydroxyl groups excluding tert-OH is 1. The Morgan fingerprint density at radius 1 is 1.10 bits per heavy atom. The van der Waals surface area contributed by atoms with Gasteiger partial charge in [0, 0.05) is 18.7 Å². The summed E-state index contributed by atoms with van der Waals surface area (Å²) in [5, 5.41) is 20.0. The van der Waals surface area contributed by atoms with E-state index in [1.807, 2.05) is 33.6 Å². The Balaban J connectivity index is 1.79. The first-order chi connectivity index (χ1) is 14.9. The highest BCUT2D eigenvalue weighted by atomic mass is 19.4. The van der Waals surface area contributed by atoms with Crippen molar-refractivity contribution in [1.29, 1.82) is 5.26 Å². The molecule has 1 aliphatic heterocycles. The van der Waals surface area contributed by atoms with Gasteiger partial charge in [0.15, 0.2) is 5.65 Å². The molecule has 3 heterocycles. The second kappa shape index (κ2) is 7.00. The van der Waals surface area contributed by atoms with E-state index in [0.717, 1.165) is 23.5 Å². The third-order valence-electron chi connectivity index (χ3n) is 5.68. The van der Waals surface area contributed by atoms with E-state index in [4.69, 9.17) is 0 Å². The van der Waals surface area contributed by atoms with E-state index in [1.54, 1.807) is 6.07 Å². The molecule has 1 fully saturated rings. The number of aromatic nitrogens is 2. The maximum atomic E-state index is 13.0. The van der Waals surface area contributed by atoms with Crippen molar-refractivity contribution in [3.8, 4) is 17.2 Å². The van der Waals surface area contributed by atoms with Gasteiger partial charge in [-0.1, -0.05) is 24.3 Å². The van der Waals surface area contributed by atoms with Crippen LogP contribution in [0.1, 0.15) is 17.5 Å². The Morgan fingerprint density at radius 2 is 1.84 bits per heavy atom. The second-order valence-corrected chi connectivity index (χ2v) is 7.63. The zero-order chi connectivity index (χ0) is 21.8. The lowest BCUT2D eigenvalue weighted by Crippen LogP contribution is -2.23. The summed E-state index contributed by atoms with van der Waals surface area (Å²) in [4.78, 5) is 6.67. The highest BCUT2D eigenvalue weighted by Crippen LogP contribution is 2.37. The summed E-state index contributed by atoms with van der Waals surface area (Å²) in [7, 11) is 0. The number of β-amino-alcohol motifs (C(OH)–C–C–N with tert-alkyl or cyclic N) is 1. The van der Waals surface area contributed by atoms with Crippen LogP contribution in [0.2, 0.25) is 0 Å². The fourth-order valence-electron chi connectivity index (χ4n) is 4.17. The third kappa shape index (κ3) is 3.18. The molecule has 1 atom stereocenters. The average molecular weight is 422 g/mol. The van der Waals surface area contributed by atoms with Crippen molar-refractivity contribution in [3.05, 3.63) is 65.7 Å². The molecule has 31 heavy (non-hydrogen) atoms. The summed E-state index contributed by atoms with van der Waals surface area (Å²) in [6.45, 7) is 1.06. The minimum Gasteiger partial charge on any atom is -0.391 e. The van der Waals surface area contributed by atoms with Crippen LogP contribution in [0.3, 0.4) is 0 Å². The lowest BCUT2D eigenvalue weighted by atomic mass is 10.00. The first-order valence-electron chi connectivity index (χ1n) is 9.82. The van der Waals surface area contributed by atoms with E-state index < -0.39 is 17.8 Å². The topological polar surface area (TPSA) is 64.6 Å². The molecule has 0 saturated carbocycles. The number of pyridine rings is 1. The molecule has 1 aliphatic rings. The van der Waals surface area contributed by atoms with Crippen LogP contribution in [-0.2, 0) is 6.18 Å². The predicted molar refractivity (Wildman–Crippen MR) is 111 cm³/mol. The van der Waals surface area contributed by atoms with E-state index in [2.05, 4.69) is 11.1 Å². The SMILES string of the molecule is N#Cc1c(-c2ccc(C(F)(F)F)cc2)cc(N2CCC(O)C2)n2c1nc1ccccc12. The molecule has 2 aromatic heterocycles. The molecule has 2 aromatic carbocycles. The van der Waals surface area contributed by atoms with Crippen molar-refractivity contribution in [2.24, 2.45) is 0 Å². The molecule has 0 aliphatic carbocycles. The Hall–Kier alpha value is -3.57. The fraction of sp³-hybridized carbons (Fsp3) is 0.217. The number of alkyl halides is 3. The Morgan fingerprint density at radius 3 is 2.48 bits per heavy atom. The zero-order valence-electron chi connectivity index (χ0n) is 16.3. The first kappa shape index (κ1) is 19.4. The number of para-hydroxylation sites is 2. The number of halogens is 3. The van der Waals surface area contributed by atoms with Crippen molar-refractivity contribution in [1.82, 2.24) is 9.38 Å². The number of anilines is 1. The van der Waals surface area contributed by atoms with Crippen LogP contribution >= 0.6 is 0 Å². The van der Waals surface area contributed by atoms with Gasteiger partial charge in [0.2, 0.25) is 0 Å². The van der Waals surface area contributed by atoms with Crippen LogP contribution in [0.15, 0.2) is 54.6 Å². The molecule has 1 unspecified atom stereocenters. The van der Waals surface area contributed by atoms with Crippen LogP contribution in [0, 0.1) is 11.3 Å². The first-order valence-corrected chi connectivity index (χ1v) is 9.82. The van der Waals surface area contributed by atoms with Crippen molar-refractivity contribution < 1.29 is 18.3 Å². The number of benzene rings is 2. The normalized spacial score (nSPS) is 16.9. The number of aliphatic hydroxyl groups is 1. The molecule has 0 amide bonds. The minimum atomic E-state index is -4.43. The smallest absolute Gasteiger partial charge is 0.391 e. The second-order valence-electron chi connectivity index (χ2n) is 7.63. The summed E-state index contributed by atoms with van der Waals surface area (Å²) < 4.78 is 40.9. The molecule has 8 heteroatoms. The number of rotatable bonds is 2. The monoisotopic (exact) mass is 422 g/mol. The molecule has 1 saturated heterocycles. The average Bonchev–Trinajstić information content (AvgIpc) is 3.36. The number of imidazole rings is 1. The molecule has 5 nitrogen and oxygen atoms in total. The number of fused-ring (bicyclic) bond motifs is 3. The minimum absolute atomic E-state index is 0.291. The van der Waals surface area contributed by atoms with E-state index in [-0.39, 0.29) is 0 Å². The number of hydrogen-bond donors (Lipinski definition) is 1.